The highest BCUT2D eigenvalue weighted by atomic mass is 16.5. The fourth-order valence-corrected chi connectivity index (χ4v) is 0.262. The van der Waals surface area contributed by atoms with Crippen LogP contribution in [0, 0.1) is 0 Å². The predicted molar refractivity (Wildman–Crippen MR) is 46.8 cm³/mol. The van der Waals surface area contributed by atoms with E-state index in [0.29, 0.717) is 13.1 Å². The molecule has 0 saturated heterocycles. The number of esters is 2. The maximum atomic E-state index is 10.3. The highest BCUT2D eigenvalue weighted by molar-refractivity contribution is 5.90. The van der Waals surface area contributed by atoms with Crippen LogP contribution in [0.15, 0.2) is 0 Å². The first-order valence-corrected chi connectivity index (χ1v) is 3.66. The third-order valence-electron chi connectivity index (χ3n) is 0.911. The van der Waals surface area contributed by atoms with Crippen molar-refractivity contribution in [3.05, 3.63) is 0 Å². The lowest BCUT2D eigenvalue weighted by Crippen LogP contribution is -2.11. The highest BCUT2D eigenvalue weighted by Crippen LogP contribution is 1.85. The molecule has 0 saturated carbocycles. The lowest BCUT2D eigenvalue weighted by molar-refractivity contribution is -0.151. The second-order valence-electron chi connectivity index (χ2n) is 1.91. The van der Waals surface area contributed by atoms with Crippen molar-refractivity contribution in [3.63, 3.8) is 0 Å². The van der Waals surface area contributed by atoms with Crippen molar-refractivity contribution in [2.45, 2.75) is 6.42 Å². The normalized spacial score (nSPS) is 8.00. The molecule has 78 valence electrons. The number of hydrogen-bond acceptors (Lipinski definition) is 6. The SMILES string of the molecule is COC(=O)CC(=O)OC.NCCN. The van der Waals surface area contributed by atoms with E-state index < -0.39 is 11.9 Å². The van der Waals surface area contributed by atoms with E-state index in [2.05, 4.69) is 9.47 Å². The van der Waals surface area contributed by atoms with E-state index in [1.54, 1.807) is 0 Å². The van der Waals surface area contributed by atoms with Gasteiger partial charge in [-0.05, 0) is 0 Å². The highest BCUT2D eigenvalue weighted by Gasteiger charge is 2.07. The average Bonchev–Trinajstić information content (AvgIpc) is 2.17. The van der Waals surface area contributed by atoms with Crippen molar-refractivity contribution in [2.24, 2.45) is 11.5 Å². The van der Waals surface area contributed by atoms with Gasteiger partial charge in [-0.3, -0.25) is 9.59 Å². The Kier molecular flexibility index (Phi) is 12.0. The first kappa shape index (κ1) is 14.4. The molecular formula is C7H16N2O4. The summed E-state index contributed by atoms with van der Waals surface area (Å²) in [6, 6.07) is 0. The Labute approximate surface area is 77.2 Å². The summed E-state index contributed by atoms with van der Waals surface area (Å²) in [5.41, 5.74) is 9.81. The maximum absolute atomic E-state index is 10.3. The van der Waals surface area contributed by atoms with E-state index in [1.807, 2.05) is 0 Å². The Bertz CT molecular complexity index is 133. The Morgan fingerprint density at radius 1 is 1.00 bits per heavy atom. The van der Waals surface area contributed by atoms with Crippen LogP contribution in [0.5, 0.6) is 0 Å². The minimum absolute atomic E-state index is 0.312. The molecule has 0 radical (unpaired) electrons. The molecular weight excluding hydrogens is 176 g/mol. The zero-order valence-corrected chi connectivity index (χ0v) is 7.91. The molecule has 0 spiro atoms. The van der Waals surface area contributed by atoms with Crippen LogP contribution in [0.4, 0.5) is 0 Å². The van der Waals surface area contributed by atoms with Gasteiger partial charge in [-0.25, -0.2) is 0 Å². The van der Waals surface area contributed by atoms with Crippen LogP contribution in [0.25, 0.3) is 0 Å². The average molecular weight is 192 g/mol. The molecule has 0 heterocycles. The second-order valence-corrected chi connectivity index (χ2v) is 1.91. The molecule has 4 N–H and O–H groups in total. The van der Waals surface area contributed by atoms with E-state index in [0.717, 1.165) is 0 Å². The van der Waals surface area contributed by atoms with Crippen LogP contribution in [0.1, 0.15) is 6.42 Å². The van der Waals surface area contributed by atoms with Crippen molar-refractivity contribution < 1.29 is 19.1 Å². The largest absolute Gasteiger partial charge is 0.469 e. The van der Waals surface area contributed by atoms with Gasteiger partial charge < -0.3 is 20.9 Å². The number of carbonyl (C=O) groups excluding carboxylic acids is 2. The monoisotopic (exact) mass is 192 g/mol. The molecule has 0 fully saturated rings. The van der Waals surface area contributed by atoms with Crippen molar-refractivity contribution in [2.75, 3.05) is 27.3 Å². The van der Waals surface area contributed by atoms with E-state index in [4.69, 9.17) is 11.5 Å². The number of rotatable bonds is 3. The molecule has 0 aromatic carbocycles. The summed E-state index contributed by atoms with van der Waals surface area (Å²) in [7, 11) is 2.43. The third-order valence-corrected chi connectivity index (χ3v) is 0.911. The molecule has 0 aromatic rings. The van der Waals surface area contributed by atoms with Crippen LogP contribution in [-0.4, -0.2) is 39.2 Å². The molecule has 0 aromatic heterocycles. The van der Waals surface area contributed by atoms with Gasteiger partial charge >= 0.3 is 11.9 Å². The lowest BCUT2D eigenvalue weighted by atomic mass is 10.4. The van der Waals surface area contributed by atoms with E-state index in [-0.39, 0.29) is 6.42 Å². The Morgan fingerprint density at radius 2 is 1.31 bits per heavy atom. The van der Waals surface area contributed by atoms with E-state index >= 15 is 0 Å². The quantitative estimate of drug-likeness (QED) is 0.422. The van der Waals surface area contributed by atoms with Crippen LogP contribution in [-0.2, 0) is 19.1 Å². The van der Waals surface area contributed by atoms with Gasteiger partial charge in [0.1, 0.15) is 6.42 Å². The summed E-state index contributed by atoms with van der Waals surface area (Å²) in [6.45, 7) is 1.19. The number of carbonyl (C=O) groups is 2. The maximum Gasteiger partial charge on any atom is 0.316 e. The van der Waals surface area contributed by atoms with Crippen molar-refractivity contribution in [1.82, 2.24) is 0 Å². The van der Waals surface area contributed by atoms with Crippen LogP contribution in [0.3, 0.4) is 0 Å². The van der Waals surface area contributed by atoms with Gasteiger partial charge in [-0.15, -0.1) is 0 Å². The Hall–Kier alpha value is -1.14. The smallest absolute Gasteiger partial charge is 0.316 e. The number of hydrogen-bond donors (Lipinski definition) is 2. The van der Waals surface area contributed by atoms with Crippen LogP contribution in [0.2, 0.25) is 0 Å². The topological polar surface area (TPSA) is 105 Å². The summed E-state index contributed by atoms with van der Waals surface area (Å²) in [4.78, 5) is 20.5. The molecule has 13 heavy (non-hydrogen) atoms. The lowest BCUT2D eigenvalue weighted by Gasteiger charge is -1.95. The second kappa shape index (κ2) is 10.9. The summed E-state index contributed by atoms with van der Waals surface area (Å²) >= 11 is 0. The molecule has 0 unspecified atom stereocenters. The van der Waals surface area contributed by atoms with Gasteiger partial charge in [0, 0.05) is 13.1 Å². The summed E-state index contributed by atoms with van der Waals surface area (Å²) in [5.74, 6) is -1.16. The zero-order chi connectivity index (χ0) is 10.7. The molecule has 0 atom stereocenters. The molecule has 0 aliphatic rings. The third kappa shape index (κ3) is 13.8. The summed E-state index contributed by atoms with van der Waals surface area (Å²) < 4.78 is 8.37. The molecule has 0 amide bonds. The van der Waals surface area contributed by atoms with Gasteiger partial charge in [0.05, 0.1) is 14.2 Å². The number of ether oxygens (including phenoxy) is 2. The van der Waals surface area contributed by atoms with Gasteiger partial charge in [0.25, 0.3) is 0 Å². The number of methoxy groups -OCH3 is 2. The molecule has 0 bridgehead atoms. The molecule has 0 aliphatic heterocycles. The van der Waals surface area contributed by atoms with Crippen LogP contribution >= 0.6 is 0 Å². The predicted octanol–water partition coefficient (Wildman–Crippen LogP) is -1.37. The first-order chi connectivity index (χ1) is 6.12. The summed E-state index contributed by atoms with van der Waals surface area (Å²) in [6.07, 6.45) is -0.312. The minimum atomic E-state index is -0.582. The molecule has 0 rings (SSSR count). The van der Waals surface area contributed by atoms with Gasteiger partial charge in [0.15, 0.2) is 0 Å². The van der Waals surface area contributed by atoms with Crippen molar-refractivity contribution in [3.8, 4) is 0 Å². The standard InChI is InChI=1S/C5H8O4.C2H8N2/c1-8-4(6)3-5(7)9-2;3-1-2-4/h3H2,1-2H3;1-4H2. The van der Waals surface area contributed by atoms with E-state index in [9.17, 15) is 9.59 Å². The fraction of sp³-hybridized carbons (Fsp3) is 0.714. The Morgan fingerprint density at radius 3 is 1.46 bits per heavy atom. The number of nitrogens with two attached hydrogens (primary N) is 2. The minimum Gasteiger partial charge on any atom is -0.469 e. The first-order valence-electron chi connectivity index (χ1n) is 3.66. The van der Waals surface area contributed by atoms with Crippen molar-refractivity contribution in [1.29, 1.82) is 0 Å². The fourth-order valence-electron chi connectivity index (χ4n) is 0.262. The van der Waals surface area contributed by atoms with Crippen molar-refractivity contribution >= 4 is 11.9 Å². The Balaban J connectivity index is 0. The zero-order valence-electron chi connectivity index (χ0n) is 7.91. The molecule has 6 nitrogen and oxygen atoms in total. The van der Waals surface area contributed by atoms with Crippen LogP contribution < -0.4 is 11.5 Å². The summed E-state index contributed by atoms with van der Waals surface area (Å²) in [5, 5.41) is 0. The van der Waals surface area contributed by atoms with Gasteiger partial charge in [-0.2, -0.15) is 0 Å². The molecule has 0 aliphatic carbocycles. The van der Waals surface area contributed by atoms with Gasteiger partial charge in [0.2, 0.25) is 0 Å². The van der Waals surface area contributed by atoms with Gasteiger partial charge in [-0.1, -0.05) is 0 Å². The van der Waals surface area contributed by atoms with E-state index in [1.165, 1.54) is 14.2 Å². The molecule has 6 heteroatoms.